The van der Waals surface area contributed by atoms with Crippen molar-refractivity contribution in [1.29, 1.82) is 0 Å². The second-order valence-electron chi connectivity index (χ2n) is 6.47. The van der Waals surface area contributed by atoms with E-state index < -0.39 is 10.0 Å². The number of thiophene rings is 2. The Bertz CT molecular complexity index is 959. The molecule has 0 spiro atoms. The van der Waals surface area contributed by atoms with Crippen molar-refractivity contribution in [2.75, 3.05) is 13.1 Å². The maximum atomic E-state index is 12.4. The molecule has 3 aromatic heterocycles. The van der Waals surface area contributed by atoms with E-state index in [1.807, 2.05) is 24.4 Å². The molecular formula is C17H20N4O3S3. The lowest BCUT2D eigenvalue weighted by atomic mass is 10.0. The van der Waals surface area contributed by atoms with Gasteiger partial charge in [0.05, 0.1) is 10.9 Å². The van der Waals surface area contributed by atoms with Gasteiger partial charge in [0.2, 0.25) is 21.7 Å². The van der Waals surface area contributed by atoms with Crippen LogP contribution in [-0.4, -0.2) is 42.6 Å². The van der Waals surface area contributed by atoms with Gasteiger partial charge in [0.15, 0.2) is 0 Å². The second-order valence-corrected chi connectivity index (χ2v) is 10.3. The van der Waals surface area contributed by atoms with E-state index in [0.29, 0.717) is 15.9 Å². The molecule has 27 heavy (non-hydrogen) atoms. The van der Waals surface area contributed by atoms with Crippen molar-refractivity contribution in [2.45, 2.75) is 36.1 Å². The molecule has 1 N–H and O–H groups in total. The van der Waals surface area contributed by atoms with Crippen LogP contribution in [0.15, 0.2) is 43.8 Å². The summed E-state index contributed by atoms with van der Waals surface area (Å²) in [7, 11) is -3.42. The molecule has 3 aromatic rings. The second kappa shape index (κ2) is 7.80. The lowest BCUT2D eigenvalue weighted by molar-refractivity contribution is 0.134. The molecule has 7 nitrogen and oxygen atoms in total. The molecular weight excluding hydrogens is 404 g/mol. The van der Waals surface area contributed by atoms with Crippen LogP contribution in [-0.2, 0) is 10.0 Å². The third-order valence-corrected chi connectivity index (χ3v) is 8.48. The summed E-state index contributed by atoms with van der Waals surface area (Å²) in [6, 6.07) is 7.26. The molecule has 0 amide bonds. The average molecular weight is 425 g/mol. The van der Waals surface area contributed by atoms with Crippen LogP contribution in [0.5, 0.6) is 0 Å². The minimum absolute atomic E-state index is 0.000986. The predicted octanol–water partition coefficient (Wildman–Crippen LogP) is 3.36. The minimum atomic E-state index is -3.42. The highest BCUT2D eigenvalue weighted by atomic mass is 32.2. The summed E-state index contributed by atoms with van der Waals surface area (Å²) in [5.41, 5.74) is 0. The molecule has 0 radical (unpaired) electrons. The van der Waals surface area contributed by atoms with E-state index in [2.05, 4.69) is 19.8 Å². The zero-order valence-electron chi connectivity index (χ0n) is 14.7. The van der Waals surface area contributed by atoms with Gasteiger partial charge in [0.1, 0.15) is 4.21 Å². The summed E-state index contributed by atoms with van der Waals surface area (Å²) in [5, 5.41) is 7.83. The van der Waals surface area contributed by atoms with Crippen molar-refractivity contribution in [1.82, 2.24) is 19.8 Å². The molecule has 144 valence electrons. The van der Waals surface area contributed by atoms with E-state index in [0.717, 1.165) is 30.8 Å². The number of aromatic nitrogens is 2. The van der Waals surface area contributed by atoms with Crippen LogP contribution in [0.3, 0.4) is 0 Å². The Hall–Kier alpha value is -1.59. The van der Waals surface area contributed by atoms with Crippen LogP contribution in [0.25, 0.3) is 10.7 Å². The average Bonchev–Trinajstić information content (AvgIpc) is 3.43. The van der Waals surface area contributed by atoms with Crippen molar-refractivity contribution in [2.24, 2.45) is 0 Å². The van der Waals surface area contributed by atoms with E-state index in [-0.39, 0.29) is 12.1 Å². The maximum Gasteiger partial charge on any atom is 0.250 e. The summed E-state index contributed by atoms with van der Waals surface area (Å²) in [6.07, 6.45) is 1.50. The molecule has 0 aliphatic carbocycles. The molecule has 0 saturated carbocycles. The van der Waals surface area contributed by atoms with Crippen LogP contribution in [0.2, 0.25) is 0 Å². The van der Waals surface area contributed by atoms with E-state index in [4.69, 9.17) is 4.52 Å². The molecule has 1 aliphatic heterocycles. The van der Waals surface area contributed by atoms with Gasteiger partial charge in [-0.15, -0.1) is 22.7 Å². The lowest BCUT2D eigenvalue weighted by Gasteiger charge is -2.34. The van der Waals surface area contributed by atoms with Crippen molar-refractivity contribution in [3.05, 3.63) is 40.9 Å². The molecule has 0 bridgehead atoms. The third-order valence-electron chi connectivity index (χ3n) is 4.70. The topological polar surface area (TPSA) is 88.3 Å². The number of sulfonamides is 1. The smallest absolute Gasteiger partial charge is 0.250 e. The summed E-state index contributed by atoms with van der Waals surface area (Å²) >= 11 is 2.81. The van der Waals surface area contributed by atoms with Crippen LogP contribution in [0.4, 0.5) is 0 Å². The van der Waals surface area contributed by atoms with Crippen LogP contribution in [0, 0.1) is 0 Å². The van der Waals surface area contributed by atoms with E-state index in [1.54, 1.807) is 28.8 Å². The Morgan fingerprint density at radius 1 is 1.22 bits per heavy atom. The fraction of sp³-hybridized carbons (Fsp3) is 0.412. The van der Waals surface area contributed by atoms with Crippen LogP contribution >= 0.6 is 22.7 Å². The van der Waals surface area contributed by atoms with Crippen LogP contribution in [0.1, 0.15) is 31.7 Å². The Labute approximate surface area is 166 Å². The monoisotopic (exact) mass is 424 g/mol. The third kappa shape index (κ3) is 4.14. The number of rotatable bonds is 6. The predicted molar refractivity (Wildman–Crippen MR) is 105 cm³/mol. The largest absolute Gasteiger partial charge is 0.337 e. The number of piperidine rings is 1. The highest BCUT2D eigenvalue weighted by Crippen LogP contribution is 2.27. The van der Waals surface area contributed by atoms with Gasteiger partial charge in [-0.3, -0.25) is 4.90 Å². The Kier molecular flexibility index (Phi) is 5.42. The van der Waals surface area contributed by atoms with Crippen molar-refractivity contribution in [3.8, 4) is 10.7 Å². The molecule has 1 atom stereocenters. The van der Waals surface area contributed by atoms with E-state index in [1.165, 1.54) is 11.3 Å². The molecule has 10 heteroatoms. The number of hydrogen-bond donors (Lipinski definition) is 1. The number of hydrogen-bond acceptors (Lipinski definition) is 8. The van der Waals surface area contributed by atoms with Gasteiger partial charge < -0.3 is 4.52 Å². The SMILES string of the molecule is CC(c1nc(-c2cccs2)no1)N1CCC(NS(=O)(=O)c2cccs2)CC1. The first-order chi connectivity index (χ1) is 13.0. The van der Waals surface area contributed by atoms with Gasteiger partial charge in [-0.25, -0.2) is 13.1 Å². The molecule has 1 fully saturated rings. The Morgan fingerprint density at radius 2 is 1.96 bits per heavy atom. The highest BCUT2D eigenvalue weighted by molar-refractivity contribution is 7.91. The molecule has 1 saturated heterocycles. The zero-order valence-corrected chi connectivity index (χ0v) is 17.2. The summed E-state index contributed by atoms with van der Waals surface area (Å²) in [4.78, 5) is 7.76. The fourth-order valence-electron chi connectivity index (χ4n) is 3.17. The zero-order chi connectivity index (χ0) is 18.9. The first-order valence-electron chi connectivity index (χ1n) is 8.70. The van der Waals surface area contributed by atoms with Crippen molar-refractivity contribution in [3.63, 3.8) is 0 Å². The van der Waals surface area contributed by atoms with Gasteiger partial charge in [-0.1, -0.05) is 17.3 Å². The standard InChI is InChI=1S/C17H20N4O3S3/c1-12(17-18-16(19-24-17)14-4-2-10-25-14)21-8-6-13(7-9-21)20-27(22,23)15-5-3-11-26-15/h2-5,10-13,20H,6-9H2,1H3. The van der Waals surface area contributed by atoms with Crippen molar-refractivity contribution >= 4 is 32.7 Å². The quantitative estimate of drug-likeness (QED) is 0.653. The summed E-state index contributed by atoms with van der Waals surface area (Å²) in [5.74, 6) is 1.21. The van der Waals surface area contributed by atoms with Gasteiger partial charge in [-0.05, 0) is 42.7 Å². The number of nitrogens with one attached hydrogen (secondary N) is 1. The normalized spacial score (nSPS) is 18.0. The molecule has 1 unspecified atom stereocenters. The summed E-state index contributed by atoms with van der Waals surface area (Å²) < 4.78 is 33.4. The first-order valence-corrected chi connectivity index (χ1v) is 11.9. The maximum absolute atomic E-state index is 12.4. The number of likely N-dealkylation sites (tertiary alicyclic amines) is 1. The van der Waals surface area contributed by atoms with E-state index in [9.17, 15) is 8.42 Å². The van der Waals surface area contributed by atoms with Crippen LogP contribution < -0.4 is 4.72 Å². The van der Waals surface area contributed by atoms with Gasteiger partial charge in [0, 0.05) is 19.1 Å². The fourth-order valence-corrected chi connectivity index (χ4v) is 6.13. The first kappa shape index (κ1) is 18.8. The van der Waals surface area contributed by atoms with Gasteiger partial charge in [-0.2, -0.15) is 4.98 Å². The molecule has 4 heterocycles. The van der Waals surface area contributed by atoms with Gasteiger partial charge in [0.25, 0.3) is 0 Å². The van der Waals surface area contributed by atoms with E-state index >= 15 is 0 Å². The lowest BCUT2D eigenvalue weighted by Crippen LogP contribution is -2.45. The molecule has 4 rings (SSSR count). The van der Waals surface area contributed by atoms with Crippen molar-refractivity contribution < 1.29 is 12.9 Å². The highest BCUT2D eigenvalue weighted by Gasteiger charge is 2.29. The molecule has 1 aliphatic rings. The summed E-state index contributed by atoms with van der Waals surface area (Å²) in [6.45, 7) is 3.59. The minimum Gasteiger partial charge on any atom is -0.337 e. The number of nitrogens with zero attached hydrogens (tertiary/aromatic N) is 3. The Morgan fingerprint density at radius 3 is 2.63 bits per heavy atom. The molecule has 0 aromatic carbocycles. The Balaban J connectivity index is 1.35. The van der Waals surface area contributed by atoms with Gasteiger partial charge >= 0.3 is 0 Å².